The van der Waals surface area contributed by atoms with Crippen molar-refractivity contribution in [2.45, 2.75) is 30.7 Å². The molecule has 0 aromatic heterocycles. The molecule has 0 amide bonds. The van der Waals surface area contributed by atoms with Crippen molar-refractivity contribution in [3.63, 3.8) is 0 Å². The summed E-state index contributed by atoms with van der Waals surface area (Å²) in [6, 6.07) is 0. The Morgan fingerprint density at radius 3 is 2.10 bits per heavy atom. The predicted octanol–water partition coefficient (Wildman–Crippen LogP) is -2.23. The van der Waals surface area contributed by atoms with Crippen molar-refractivity contribution < 1.29 is 39.4 Å². The Hall–Kier alpha value is 0.0300. The van der Waals surface area contributed by atoms with E-state index in [1.54, 1.807) is 0 Å². The fourth-order valence-corrected chi connectivity index (χ4v) is 1.94. The zero-order valence-corrected chi connectivity index (χ0v) is 12.6. The molecule has 0 aromatic carbocycles. The molecule has 1 saturated heterocycles. The molecule has 0 aliphatic carbocycles. The summed E-state index contributed by atoms with van der Waals surface area (Å²) in [6.45, 7) is 1.35. The Morgan fingerprint density at radius 1 is 0.857 bits per heavy atom. The number of hydrogen-bond donors (Lipinski definition) is 5. The summed E-state index contributed by atoms with van der Waals surface area (Å²) in [5.41, 5.74) is 0. The van der Waals surface area contributed by atoms with E-state index in [2.05, 4.69) is 12.6 Å². The molecule has 1 aliphatic heterocycles. The van der Waals surface area contributed by atoms with Gasteiger partial charge in [-0.3, -0.25) is 0 Å². The van der Waals surface area contributed by atoms with Crippen molar-refractivity contribution in [2.75, 3.05) is 45.4 Å². The lowest BCUT2D eigenvalue weighted by Gasteiger charge is -2.39. The summed E-state index contributed by atoms with van der Waals surface area (Å²) in [6.07, 6.45) is -6.29. The predicted molar refractivity (Wildman–Crippen MR) is 75.2 cm³/mol. The molecule has 0 spiro atoms. The molecule has 1 rings (SSSR count). The number of rotatable bonds is 10. The number of aliphatic hydroxyl groups excluding tert-OH is 4. The molecule has 21 heavy (non-hydrogen) atoms. The number of hydrogen-bond acceptors (Lipinski definition) is 9. The molecule has 1 aliphatic rings. The Balaban J connectivity index is 2.16. The van der Waals surface area contributed by atoms with E-state index >= 15 is 0 Å². The molecule has 2 unspecified atom stereocenters. The minimum absolute atomic E-state index is 0.134. The van der Waals surface area contributed by atoms with E-state index in [9.17, 15) is 15.3 Å². The lowest BCUT2D eigenvalue weighted by atomic mass is 9.99. The lowest BCUT2D eigenvalue weighted by Crippen LogP contribution is -2.59. The normalized spacial score (nSPS) is 33.3. The molecular weight excluding hydrogens is 304 g/mol. The summed E-state index contributed by atoms with van der Waals surface area (Å²) < 4.78 is 20.8. The lowest BCUT2D eigenvalue weighted by molar-refractivity contribution is -0.302. The first-order valence-electron chi connectivity index (χ1n) is 6.80. The van der Waals surface area contributed by atoms with E-state index in [4.69, 9.17) is 24.1 Å². The van der Waals surface area contributed by atoms with E-state index in [1.807, 2.05) is 0 Å². The van der Waals surface area contributed by atoms with Crippen LogP contribution in [0.25, 0.3) is 0 Å². The van der Waals surface area contributed by atoms with Crippen LogP contribution >= 0.6 is 12.6 Å². The minimum atomic E-state index is -1.43. The van der Waals surface area contributed by atoms with Crippen LogP contribution < -0.4 is 0 Å². The van der Waals surface area contributed by atoms with Gasteiger partial charge in [0.1, 0.15) is 24.4 Å². The van der Waals surface area contributed by atoms with Crippen molar-refractivity contribution in [2.24, 2.45) is 0 Å². The first kappa shape index (κ1) is 19.1. The van der Waals surface area contributed by atoms with Crippen LogP contribution in [0.4, 0.5) is 0 Å². The van der Waals surface area contributed by atoms with E-state index in [0.717, 1.165) is 0 Å². The molecule has 9 heteroatoms. The summed E-state index contributed by atoms with van der Waals surface area (Å²) in [7, 11) is 0. The van der Waals surface area contributed by atoms with Gasteiger partial charge in [0.25, 0.3) is 0 Å². The Kier molecular flexibility index (Phi) is 9.73. The molecule has 0 radical (unpaired) electrons. The van der Waals surface area contributed by atoms with Gasteiger partial charge in [-0.25, -0.2) is 0 Å². The average Bonchev–Trinajstić information content (AvgIpc) is 2.49. The second-order valence-corrected chi connectivity index (χ2v) is 4.96. The van der Waals surface area contributed by atoms with Gasteiger partial charge in [0, 0.05) is 5.75 Å². The van der Waals surface area contributed by atoms with Crippen molar-refractivity contribution in [3.8, 4) is 0 Å². The van der Waals surface area contributed by atoms with Crippen LogP contribution in [0.3, 0.4) is 0 Å². The van der Waals surface area contributed by atoms with Crippen LogP contribution in [0.15, 0.2) is 0 Å². The fourth-order valence-electron chi connectivity index (χ4n) is 1.81. The Bertz CT molecular complexity index is 268. The largest absolute Gasteiger partial charge is 0.394 e. The highest BCUT2D eigenvalue weighted by Crippen LogP contribution is 2.21. The maximum absolute atomic E-state index is 9.71. The monoisotopic (exact) mass is 328 g/mol. The molecule has 0 bridgehead atoms. The molecule has 8 nitrogen and oxygen atoms in total. The van der Waals surface area contributed by atoms with Crippen molar-refractivity contribution in [1.29, 1.82) is 0 Å². The summed E-state index contributed by atoms with van der Waals surface area (Å²) in [5, 5.41) is 37.9. The van der Waals surface area contributed by atoms with Crippen LogP contribution in [0, 0.1) is 0 Å². The molecule has 0 aromatic rings. The van der Waals surface area contributed by atoms with Crippen molar-refractivity contribution in [1.82, 2.24) is 0 Å². The van der Waals surface area contributed by atoms with Crippen LogP contribution in [-0.4, -0.2) is 96.5 Å². The highest BCUT2D eigenvalue weighted by Gasteiger charge is 2.43. The van der Waals surface area contributed by atoms with Gasteiger partial charge in [-0.1, -0.05) is 0 Å². The first-order valence-corrected chi connectivity index (χ1v) is 7.43. The third kappa shape index (κ3) is 6.35. The van der Waals surface area contributed by atoms with Gasteiger partial charge in [-0.15, -0.1) is 0 Å². The van der Waals surface area contributed by atoms with Crippen molar-refractivity contribution >= 4 is 12.6 Å². The summed E-state index contributed by atoms with van der Waals surface area (Å²) in [4.78, 5) is 0. The van der Waals surface area contributed by atoms with Gasteiger partial charge in [-0.2, -0.15) is 12.6 Å². The second kappa shape index (κ2) is 10.7. The third-order valence-corrected chi connectivity index (χ3v) is 3.15. The van der Waals surface area contributed by atoms with Crippen LogP contribution in [-0.2, 0) is 18.9 Å². The molecule has 1 heterocycles. The van der Waals surface area contributed by atoms with Crippen LogP contribution in [0.1, 0.15) is 0 Å². The zero-order chi connectivity index (χ0) is 15.7. The highest BCUT2D eigenvalue weighted by molar-refractivity contribution is 7.80. The van der Waals surface area contributed by atoms with Gasteiger partial charge in [0.2, 0.25) is 0 Å². The van der Waals surface area contributed by atoms with Gasteiger partial charge in [0.15, 0.2) is 6.29 Å². The Morgan fingerprint density at radius 2 is 1.48 bits per heavy atom. The number of aliphatic hydroxyl groups is 4. The smallest absolute Gasteiger partial charge is 0.186 e. The van der Waals surface area contributed by atoms with Gasteiger partial charge in [-0.05, 0) is 0 Å². The van der Waals surface area contributed by atoms with E-state index < -0.39 is 37.3 Å². The van der Waals surface area contributed by atoms with E-state index in [-0.39, 0.29) is 13.2 Å². The van der Waals surface area contributed by atoms with E-state index in [1.165, 1.54) is 0 Å². The van der Waals surface area contributed by atoms with Crippen molar-refractivity contribution in [3.05, 3.63) is 0 Å². The molecule has 5 atom stereocenters. The van der Waals surface area contributed by atoms with E-state index in [0.29, 0.717) is 25.6 Å². The van der Waals surface area contributed by atoms with Crippen LogP contribution in [0.5, 0.6) is 0 Å². The maximum atomic E-state index is 9.71. The Labute approximate surface area is 129 Å². The summed E-state index contributed by atoms with van der Waals surface area (Å²) >= 11 is 4.00. The standard InChI is InChI=1S/C12H24O8S/c13-7-8-9(14)10(15)11(16)12(20-8)19-4-3-17-1-2-18-5-6-21/h8-16,21H,1-7H2/t8?,9-,10?,11-,12+/m1/s1. The fraction of sp³-hybridized carbons (Fsp3) is 1.00. The average molecular weight is 328 g/mol. The highest BCUT2D eigenvalue weighted by atomic mass is 32.1. The molecule has 0 saturated carbocycles. The molecule has 1 fully saturated rings. The number of thiol groups is 1. The second-order valence-electron chi connectivity index (χ2n) is 4.52. The first-order chi connectivity index (χ1) is 10.1. The number of ether oxygens (including phenoxy) is 4. The summed E-state index contributed by atoms with van der Waals surface area (Å²) in [5.74, 6) is 0.653. The SMILES string of the molecule is OCC1O[C@H](OCCOCCOCCS)[C@H](O)C(O)[C@@H]1O. The quantitative estimate of drug-likeness (QED) is 0.226. The third-order valence-electron chi connectivity index (χ3n) is 2.97. The van der Waals surface area contributed by atoms with Gasteiger partial charge in [0.05, 0.1) is 39.6 Å². The molecular formula is C12H24O8S. The van der Waals surface area contributed by atoms with Crippen LogP contribution in [0.2, 0.25) is 0 Å². The zero-order valence-electron chi connectivity index (χ0n) is 11.7. The maximum Gasteiger partial charge on any atom is 0.186 e. The molecule has 4 N–H and O–H groups in total. The van der Waals surface area contributed by atoms with Gasteiger partial charge >= 0.3 is 0 Å². The van der Waals surface area contributed by atoms with Gasteiger partial charge < -0.3 is 39.4 Å². The minimum Gasteiger partial charge on any atom is -0.394 e. The topological polar surface area (TPSA) is 118 Å². The molecule has 126 valence electrons.